The van der Waals surface area contributed by atoms with Crippen molar-refractivity contribution in [1.82, 2.24) is 5.32 Å². The van der Waals surface area contributed by atoms with E-state index in [1.807, 2.05) is 0 Å². The van der Waals surface area contributed by atoms with Gasteiger partial charge in [0.25, 0.3) is 0 Å². The molecule has 2 heteroatoms. The van der Waals surface area contributed by atoms with E-state index in [2.05, 4.69) is 26.1 Å². The average Bonchev–Trinajstić information content (AvgIpc) is 2.63. The summed E-state index contributed by atoms with van der Waals surface area (Å²) in [6.45, 7) is 8.55. The maximum atomic E-state index is 9.88. The van der Waals surface area contributed by atoms with Crippen molar-refractivity contribution in [2.75, 3.05) is 13.1 Å². The normalized spacial score (nSPS) is 20.2. The van der Waals surface area contributed by atoms with E-state index < -0.39 is 0 Å². The van der Waals surface area contributed by atoms with Gasteiger partial charge < -0.3 is 10.4 Å². The number of hydrogen-bond donors (Lipinski definition) is 2. The van der Waals surface area contributed by atoms with E-state index in [9.17, 15) is 5.11 Å². The van der Waals surface area contributed by atoms with E-state index >= 15 is 0 Å². The molecule has 0 amide bonds. The smallest absolute Gasteiger partial charge is 0.0667 e. The average molecular weight is 227 g/mol. The Bertz CT molecular complexity index is 180. The maximum absolute atomic E-state index is 9.88. The van der Waals surface area contributed by atoms with Crippen LogP contribution in [0.25, 0.3) is 0 Å². The van der Waals surface area contributed by atoms with Gasteiger partial charge in [-0.25, -0.2) is 0 Å². The Labute approximate surface area is 101 Å². The Hall–Kier alpha value is -0.0800. The van der Waals surface area contributed by atoms with Crippen molar-refractivity contribution < 1.29 is 5.11 Å². The molecule has 0 heterocycles. The van der Waals surface area contributed by atoms with Gasteiger partial charge in [0.1, 0.15) is 0 Å². The van der Waals surface area contributed by atoms with Gasteiger partial charge in [-0.05, 0) is 30.7 Å². The molecule has 0 spiro atoms. The molecule has 0 bridgehead atoms. The van der Waals surface area contributed by atoms with Gasteiger partial charge in [-0.1, -0.05) is 46.5 Å². The lowest BCUT2D eigenvalue weighted by atomic mass is 9.92. The molecule has 2 N–H and O–H groups in total. The molecule has 96 valence electrons. The molecule has 16 heavy (non-hydrogen) atoms. The van der Waals surface area contributed by atoms with Crippen LogP contribution in [0.3, 0.4) is 0 Å². The highest BCUT2D eigenvalue weighted by Gasteiger charge is 2.18. The molecule has 1 aliphatic carbocycles. The minimum Gasteiger partial charge on any atom is -0.392 e. The highest BCUT2D eigenvalue weighted by atomic mass is 16.3. The summed E-state index contributed by atoms with van der Waals surface area (Å²) in [6, 6.07) is 0. The first-order chi connectivity index (χ1) is 7.47. The molecule has 0 saturated heterocycles. The molecule has 1 saturated carbocycles. The van der Waals surface area contributed by atoms with Crippen LogP contribution in [-0.2, 0) is 0 Å². The first-order valence-corrected chi connectivity index (χ1v) is 6.86. The number of aliphatic hydroxyl groups is 1. The Morgan fingerprint density at radius 2 is 1.88 bits per heavy atom. The van der Waals surface area contributed by atoms with Crippen LogP contribution in [0.5, 0.6) is 0 Å². The molecule has 1 atom stereocenters. The molecule has 0 aromatic carbocycles. The second-order valence-corrected chi connectivity index (χ2v) is 6.55. The zero-order valence-corrected chi connectivity index (χ0v) is 11.3. The molecule has 1 fully saturated rings. The van der Waals surface area contributed by atoms with E-state index in [0.29, 0.717) is 5.41 Å². The maximum Gasteiger partial charge on any atom is 0.0667 e. The van der Waals surface area contributed by atoms with Gasteiger partial charge >= 0.3 is 0 Å². The predicted octanol–water partition coefficient (Wildman–Crippen LogP) is 2.95. The molecule has 0 aliphatic heterocycles. The first kappa shape index (κ1) is 14.0. The molecular weight excluding hydrogens is 198 g/mol. The zero-order chi connectivity index (χ0) is 12.0. The van der Waals surface area contributed by atoms with E-state index in [-0.39, 0.29) is 6.10 Å². The van der Waals surface area contributed by atoms with Crippen LogP contribution in [0.1, 0.15) is 59.3 Å². The lowest BCUT2D eigenvalue weighted by Crippen LogP contribution is -2.30. The Morgan fingerprint density at radius 1 is 1.25 bits per heavy atom. The summed E-state index contributed by atoms with van der Waals surface area (Å²) < 4.78 is 0. The van der Waals surface area contributed by atoms with Crippen LogP contribution >= 0.6 is 0 Å². The summed E-state index contributed by atoms with van der Waals surface area (Å²) in [6.07, 6.45) is 7.44. The second-order valence-electron chi connectivity index (χ2n) is 6.55. The summed E-state index contributed by atoms with van der Waals surface area (Å²) in [5.74, 6) is 0.791. The van der Waals surface area contributed by atoms with Crippen molar-refractivity contribution in [2.45, 2.75) is 65.4 Å². The minimum atomic E-state index is -0.136. The standard InChI is InChI=1S/C14H29NO/c1-14(2,3)8-9-15-11-13(16)10-12-6-4-5-7-12/h12-13,15-16H,4-11H2,1-3H3. The molecule has 1 rings (SSSR count). The van der Waals surface area contributed by atoms with Crippen molar-refractivity contribution in [1.29, 1.82) is 0 Å². The van der Waals surface area contributed by atoms with E-state index in [1.165, 1.54) is 32.1 Å². The Kier molecular flexibility index (Phi) is 5.77. The van der Waals surface area contributed by atoms with Crippen molar-refractivity contribution in [2.24, 2.45) is 11.3 Å². The third-order valence-corrected chi connectivity index (χ3v) is 3.51. The first-order valence-electron chi connectivity index (χ1n) is 6.86. The molecule has 0 radical (unpaired) electrons. The number of aliphatic hydroxyl groups excluding tert-OH is 1. The van der Waals surface area contributed by atoms with Gasteiger partial charge in [-0.2, -0.15) is 0 Å². The summed E-state index contributed by atoms with van der Waals surface area (Å²) in [5, 5.41) is 13.2. The van der Waals surface area contributed by atoms with E-state index in [4.69, 9.17) is 0 Å². The topological polar surface area (TPSA) is 32.3 Å². The third-order valence-electron chi connectivity index (χ3n) is 3.51. The molecule has 0 aromatic rings. The molecule has 1 unspecified atom stereocenters. The van der Waals surface area contributed by atoms with E-state index in [0.717, 1.165) is 25.4 Å². The zero-order valence-electron chi connectivity index (χ0n) is 11.3. The van der Waals surface area contributed by atoms with Gasteiger partial charge in [0.05, 0.1) is 6.10 Å². The lowest BCUT2D eigenvalue weighted by Gasteiger charge is -2.20. The number of nitrogens with one attached hydrogen (secondary N) is 1. The quantitative estimate of drug-likeness (QED) is 0.684. The largest absolute Gasteiger partial charge is 0.392 e. The fraction of sp³-hybridized carbons (Fsp3) is 1.00. The summed E-state index contributed by atoms with van der Waals surface area (Å²) in [5.41, 5.74) is 0.392. The van der Waals surface area contributed by atoms with Crippen molar-refractivity contribution in [3.8, 4) is 0 Å². The van der Waals surface area contributed by atoms with Gasteiger partial charge in [-0.15, -0.1) is 0 Å². The van der Waals surface area contributed by atoms with Crippen LogP contribution in [0.4, 0.5) is 0 Å². The van der Waals surface area contributed by atoms with Crippen molar-refractivity contribution in [3.63, 3.8) is 0 Å². The minimum absolute atomic E-state index is 0.136. The summed E-state index contributed by atoms with van der Waals surface area (Å²) >= 11 is 0. The van der Waals surface area contributed by atoms with Crippen molar-refractivity contribution in [3.05, 3.63) is 0 Å². The van der Waals surface area contributed by atoms with Crippen LogP contribution < -0.4 is 5.32 Å². The third kappa shape index (κ3) is 6.49. The molecule has 2 nitrogen and oxygen atoms in total. The summed E-state index contributed by atoms with van der Waals surface area (Å²) in [7, 11) is 0. The van der Waals surface area contributed by atoms with Crippen molar-refractivity contribution >= 4 is 0 Å². The van der Waals surface area contributed by atoms with Crippen LogP contribution in [-0.4, -0.2) is 24.3 Å². The van der Waals surface area contributed by atoms with Gasteiger partial charge in [0.2, 0.25) is 0 Å². The van der Waals surface area contributed by atoms with Crippen LogP contribution in [0, 0.1) is 11.3 Å². The Morgan fingerprint density at radius 3 is 2.44 bits per heavy atom. The number of rotatable bonds is 6. The van der Waals surface area contributed by atoms with Gasteiger partial charge in [0, 0.05) is 6.54 Å². The SMILES string of the molecule is CC(C)(C)CCNCC(O)CC1CCCC1. The van der Waals surface area contributed by atoms with Gasteiger partial charge in [-0.3, -0.25) is 0 Å². The highest BCUT2D eigenvalue weighted by molar-refractivity contribution is 4.72. The lowest BCUT2D eigenvalue weighted by molar-refractivity contribution is 0.139. The van der Waals surface area contributed by atoms with Crippen LogP contribution in [0.15, 0.2) is 0 Å². The fourth-order valence-electron chi connectivity index (χ4n) is 2.45. The molecule has 0 aromatic heterocycles. The monoisotopic (exact) mass is 227 g/mol. The van der Waals surface area contributed by atoms with Crippen LogP contribution in [0.2, 0.25) is 0 Å². The Balaban J connectivity index is 1.99. The second kappa shape index (κ2) is 6.61. The molecular formula is C14H29NO. The molecule has 1 aliphatic rings. The van der Waals surface area contributed by atoms with E-state index in [1.54, 1.807) is 0 Å². The number of hydrogen-bond acceptors (Lipinski definition) is 2. The summed E-state index contributed by atoms with van der Waals surface area (Å²) in [4.78, 5) is 0. The van der Waals surface area contributed by atoms with Gasteiger partial charge in [0.15, 0.2) is 0 Å². The highest BCUT2D eigenvalue weighted by Crippen LogP contribution is 2.28. The predicted molar refractivity (Wildman–Crippen MR) is 69.5 cm³/mol. The fourth-order valence-corrected chi connectivity index (χ4v) is 2.45.